The van der Waals surface area contributed by atoms with E-state index in [1.165, 1.54) is 0 Å². The number of rotatable bonds is 2. The first-order valence-electron chi connectivity index (χ1n) is 5.98. The van der Waals surface area contributed by atoms with Crippen LogP contribution in [0.2, 0.25) is 0 Å². The standard InChI is InChI=1S/C13H19N5/c1-13(2,3)12-16-11(18(4)17-12)9-5-6-15-10(7-9)8-14/h5-7H,8,14H2,1-4H3. The molecular weight excluding hydrogens is 226 g/mol. The zero-order valence-corrected chi connectivity index (χ0v) is 11.3. The quantitative estimate of drug-likeness (QED) is 0.873. The predicted octanol–water partition coefficient (Wildman–Crippen LogP) is 1.63. The maximum Gasteiger partial charge on any atom is 0.158 e. The summed E-state index contributed by atoms with van der Waals surface area (Å²) in [4.78, 5) is 8.80. The molecule has 5 heteroatoms. The summed E-state index contributed by atoms with van der Waals surface area (Å²) in [6.45, 7) is 6.73. The van der Waals surface area contributed by atoms with Gasteiger partial charge in [-0.25, -0.2) is 9.67 Å². The molecule has 2 heterocycles. The minimum Gasteiger partial charge on any atom is -0.325 e. The van der Waals surface area contributed by atoms with Crippen LogP contribution >= 0.6 is 0 Å². The van der Waals surface area contributed by atoms with Gasteiger partial charge in [-0.1, -0.05) is 20.8 Å². The van der Waals surface area contributed by atoms with Gasteiger partial charge in [0.15, 0.2) is 11.6 Å². The molecular formula is C13H19N5. The van der Waals surface area contributed by atoms with Crippen LogP contribution in [0.3, 0.4) is 0 Å². The SMILES string of the molecule is Cn1nc(C(C)(C)C)nc1-c1ccnc(CN)c1. The molecule has 0 aliphatic carbocycles. The first-order chi connectivity index (χ1) is 8.41. The summed E-state index contributed by atoms with van der Waals surface area (Å²) < 4.78 is 1.80. The van der Waals surface area contributed by atoms with E-state index in [2.05, 4.69) is 35.8 Å². The normalized spacial score (nSPS) is 11.8. The minimum atomic E-state index is -0.0558. The van der Waals surface area contributed by atoms with Crippen LogP contribution in [0, 0.1) is 0 Å². The Balaban J connectivity index is 2.47. The number of aryl methyl sites for hydroxylation is 1. The summed E-state index contributed by atoms with van der Waals surface area (Å²) in [5.41, 5.74) is 7.40. The fraction of sp³-hybridized carbons (Fsp3) is 0.462. The van der Waals surface area contributed by atoms with Gasteiger partial charge in [0, 0.05) is 30.8 Å². The molecule has 0 unspecified atom stereocenters. The van der Waals surface area contributed by atoms with Gasteiger partial charge in [-0.3, -0.25) is 4.98 Å². The van der Waals surface area contributed by atoms with Gasteiger partial charge in [0.25, 0.3) is 0 Å². The lowest BCUT2D eigenvalue weighted by Gasteiger charge is -2.11. The average molecular weight is 245 g/mol. The molecule has 0 amide bonds. The van der Waals surface area contributed by atoms with E-state index in [1.807, 2.05) is 19.2 Å². The van der Waals surface area contributed by atoms with Crippen molar-refractivity contribution in [1.82, 2.24) is 19.7 Å². The molecule has 2 aromatic rings. The van der Waals surface area contributed by atoms with Crippen LogP contribution in [-0.2, 0) is 19.0 Å². The van der Waals surface area contributed by atoms with Crippen molar-refractivity contribution in [1.29, 1.82) is 0 Å². The number of pyridine rings is 1. The molecule has 0 radical (unpaired) electrons. The van der Waals surface area contributed by atoms with Crippen LogP contribution in [0.25, 0.3) is 11.4 Å². The molecule has 0 saturated heterocycles. The maximum atomic E-state index is 5.60. The molecule has 0 aliphatic heterocycles. The van der Waals surface area contributed by atoms with Gasteiger partial charge in [0.05, 0.1) is 5.69 Å². The van der Waals surface area contributed by atoms with Gasteiger partial charge in [-0.05, 0) is 12.1 Å². The van der Waals surface area contributed by atoms with Gasteiger partial charge in [-0.2, -0.15) is 5.10 Å². The Hall–Kier alpha value is -1.75. The number of nitrogens with two attached hydrogens (primary N) is 1. The fourth-order valence-corrected chi connectivity index (χ4v) is 1.68. The van der Waals surface area contributed by atoms with Crippen LogP contribution in [0.4, 0.5) is 0 Å². The Labute approximate surface area is 107 Å². The van der Waals surface area contributed by atoms with Crippen molar-refractivity contribution in [3.63, 3.8) is 0 Å². The highest BCUT2D eigenvalue weighted by Gasteiger charge is 2.21. The maximum absolute atomic E-state index is 5.60. The summed E-state index contributed by atoms with van der Waals surface area (Å²) in [6.07, 6.45) is 1.75. The van der Waals surface area contributed by atoms with Crippen molar-refractivity contribution in [2.75, 3.05) is 0 Å². The Morgan fingerprint density at radius 2 is 2.06 bits per heavy atom. The smallest absolute Gasteiger partial charge is 0.158 e. The van der Waals surface area contributed by atoms with E-state index in [-0.39, 0.29) is 5.41 Å². The second kappa shape index (κ2) is 4.49. The minimum absolute atomic E-state index is 0.0558. The second-order valence-corrected chi connectivity index (χ2v) is 5.37. The molecule has 2 aromatic heterocycles. The average Bonchev–Trinajstić information content (AvgIpc) is 2.71. The summed E-state index contributed by atoms with van der Waals surface area (Å²) >= 11 is 0. The van der Waals surface area contributed by atoms with Gasteiger partial charge < -0.3 is 5.73 Å². The third-order valence-corrected chi connectivity index (χ3v) is 2.72. The first kappa shape index (κ1) is 12.7. The third-order valence-electron chi connectivity index (χ3n) is 2.72. The molecule has 18 heavy (non-hydrogen) atoms. The highest BCUT2D eigenvalue weighted by molar-refractivity contribution is 5.55. The fourth-order valence-electron chi connectivity index (χ4n) is 1.68. The van der Waals surface area contributed by atoms with Crippen molar-refractivity contribution in [3.8, 4) is 11.4 Å². The van der Waals surface area contributed by atoms with Crippen LogP contribution in [0.15, 0.2) is 18.3 Å². The zero-order valence-electron chi connectivity index (χ0n) is 11.3. The summed E-state index contributed by atoms with van der Waals surface area (Å²) in [6, 6.07) is 3.88. The molecule has 0 bridgehead atoms. The topological polar surface area (TPSA) is 69.6 Å². The van der Waals surface area contributed by atoms with Crippen LogP contribution < -0.4 is 5.73 Å². The molecule has 2 N–H and O–H groups in total. The van der Waals surface area contributed by atoms with Crippen molar-refractivity contribution < 1.29 is 0 Å². The summed E-state index contributed by atoms with van der Waals surface area (Å²) in [7, 11) is 1.90. The van der Waals surface area contributed by atoms with E-state index in [9.17, 15) is 0 Å². The van der Waals surface area contributed by atoms with E-state index in [1.54, 1.807) is 10.9 Å². The largest absolute Gasteiger partial charge is 0.325 e. The molecule has 5 nitrogen and oxygen atoms in total. The molecule has 2 rings (SSSR count). The van der Waals surface area contributed by atoms with Crippen molar-refractivity contribution in [3.05, 3.63) is 29.8 Å². The van der Waals surface area contributed by atoms with Gasteiger partial charge in [-0.15, -0.1) is 0 Å². The lowest BCUT2D eigenvalue weighted by Crippen LogP contribution is -2.13. The number of hydrogen-bond donors (Lipinski definition) is 1. The van der Waals surface area contributed by atoms with Crippen LogP contribution in [0.1, 0.15) is 32.3 Å². The Morgan fingerprint density at radius 3 is 2.61 bits per heavy atom. The summed E-state index contributed by atoms with van der Waals surface area (Å²) in [5.74, 6) is 1.68. The van der Waals surface area contributed by atoms with Gasteiger partial charge >= 0.3 is 0 Å². The number of hydrogen-bond acceptors (Lipinski definition) is 4. The molecule has 0 aromatic carbocycles. The molecule has 0 atom stereocenters. The molecule has 96 valence electrons. The zero-order chi connectivity index (χ0) is 13.3. The van der Waals surface area contributed by atoms with Crippen LogP contribution in [-0.4, -0.2) is 19.7 Å². The van der Waals surface area contributed by atoms with Gasteiger partial charge in [0.1, 0.15) is 0 Å². The second-order valence-electron chi connectivity index (χ2n) is 5.37. The van der Waals surface area contributed by atoms with E-state index < -0.39 is 0 Å². The Bertz CT molecular complexity index is 551. The van der Waals surface area contributed by atoms with E-state index in [4.69, 9.17) is 5.73 Å². The van der Waals surface area contributed by atoms with E-state index in [0.29, 0.717) is 6.54 Å². The van der Waals surface area contributed by atoms with E-state index >= 15 is 0 Å². The summed E-state index contributed by atoms with van der Waals surface area (Å²) in [5, 5.41) is 4.47. The predicted molar refractivity (Wildman–Crippen MR) is 70.8 cm³/mol. The first-order valence-corrected chi connectivity index (χ1v) is 5.98. The monoisotopic (exact) mass is 245 g/mol. The van der Waals surface area contributed by atoms with Crippen molar-refractivity contribution in [2.45, 2.75) is 32.7 Å². The molecule has 0 saturated carbocycles. The van der Waals surface area contributed by atoms with E-state index in [0.717, 1.165) is 22.9 Å². The lowest BCUT2D eigenvalue weighted by molar-refractivity contribution is 0.538. The molecule has 0 aliphatic rings. The van der Waals surface area contributed by atoms with Crippen molar-refractivity contribution >= 4 is 0 Å². The van der Waals surface area contributed by atoms with Gasteiger partial charge in [0.2, 0.25) is 0 Å². The number of aromatic nitrogens is 4. The highest BCUT2D eigenvalue weighted by atomic mass is 15.3. The lowest BCUT2D eigenvalue weighted by atomic mass is 9.96. The molecule has 0 fully saturated rings. The number of nitrogens with zero attached hydrogens (tertiary/aromatic N) is 4. The Morgan fingerprint density at radius 1 is 1.33 bits per heavy atom. The highest BCUT2D eigenvalue weighted by Crippen LogP contribution is 2.23. The van der Waals surface area contributed by atoms with Crippen molar-refractivity contribution in [2.24, 2.45) is 12.8 Å². The molecule has 0 spiro atoms. The third kappa shape index (κ3) is 2.41. The Kier molecular flexibility index (Phi) is 3.17. The van der Waals surface area contributed by atoms with Crippen LogP contribution in [0.5, 0.6) is 0 Å².